The van der Waals surface area contributed by atoms with Crippen molar-refractivity contribution in [3.63, 3.8) is 0 Å². The van der Waals surface area contributed by atoms with Crippen LogP contribution in [0.25, 0.3) is 0 Å². The largest absolute Gasteiger partial charge is 0.491 e. The molecule has 0 aromatic heterocycles. The van der Waals surface area contributed by atoms with E-state index in [2.05, 4.69) is 0 Å². The molecule has 2 atom stereocenters. The van der Waals surface area contributed by atoms with Gasteiger partial charge in [0.1, 0.15) is 12.4 Å². The van der Waals surface area contributed by atoms with Crippen molar-refractivity contribution < 1.29 is 24.3 Å². The summed E-state index contributed by atoms with van der Waals surface area (Å²) in [7, 11) is 0. The minimum absolute atomic E-state index is 0.0642. The Labute approximate surface area is 134 Å². The van der Waals surface area contributed by atoms with E-state index in [0.717, 1.165) is 12.0 Å². The highest BCUT2D eigenvalue weighted by molar-refractivity contribution is 5.93. The van der Waals surface area contributed by atoms with Crippen molar-refractivity contribution in [1.82, 2.24) is 10.4 Å². The Bertz CT molecular complexity index is 612. The van der Waals surface area contributed by atoms with Crippen molar-refractivity contribution in [3.05, 3.63) is 29.3 Å². The third-order valence-electron chi connectivity index (χ3n) is 4.35. The van der Waals surface area contributed by atoms with E-state index in [4.69, 9.17) is 14.7 Å². The average Bonchev–Trinajstić information content (AvgIpc) is 3.05. The van der Waals surface area contributed by atoms with Crippen molar-refractivity contribution in [2.45, 2.75) is 25.9 Å². The maximum atomic E-state index is 12.7. The highest BCUT2D eigenvalue weighted by Crippen LogP contribution is 2.28. The summed E-state index contributed by atoms with van der Waals surface area (Å²) in [5.41, 5.74) is 2.76. The zero-order valence-electron chi connectivity index (χ0n) is 12.9. The molecule has 2 aliphatic rings. The summed E-state index contributed by atoms with van der Waals surface area (Å²) in [6.07, 6.45) is 0.755. The van der Waals surface area contributed by atoms with E-state index >= 15 is 0 Å². The first kappa shape index (κ1) is 15.8. The van der Waals surface area contributed by atoms with Gasteiger partial charge in [0.25, 0.3) is 5.91 Å². The van der Waals surface area contributed by atoms with Crippen LogP contribution in [0.3, 0.4) is 0 Å². The van der Waals surface area contributed by atoms with Crippen LogP contribution in [0.2, 0.25) is 0 Å². The van der Waals surface area contributed by atoms with E-state index < -0.39 is 5.91 Å². The monoisotopic (exact) mass is 320 g/mol. The summed E-state index contributed by atoms with van der Waals surface area (Å²) in [6, 6.07) is 4.87. The molecule has 0 aliphatic carbocycles. The molecule has 0 saturated carbocycles. The molecule has 1 aromatic rings. The van der Waals surface area contributed by atoms with Gasteiger partial charge in [0.2, 0.25) is 5.91 Å². The van der Waals surface area contributed by atoms with Crippen LogP contribution in [-0.4, -0.2) is 47.8 Å². The summed E-state index contributed by atoms with van der Waals surface area (Å²) in [5, 5.41) is 8.72. The SMILES string of the molecule is C[C@H]1COc2cc(C(=O)NO)ccc2CN1C(=O)[C@@H]1CCOC1. The molecule has 1 aromatic carbocycles. The molecule has 2 N–H and O–H groups in total. The topological polar surface area (TPSA) is 88.1 Å². The molecule has 1 fully saturated rings. The Balaban J connectivity index is 1.83. The standard InChI is InChI=1S/C16H20N2O5/c1-10-8-23-14-6-11(15(19)17-21)2-3-12(14)7-18(10)16(20)13-4-5-22-9-13/h2-3,6,10,13,21H,4-5,7-9H2,1H3,(H,17,19)/t10-,13+/m0/s1. The molecule has 124 valence electrons. The van der Waals surface area contributed by atoms with Crippen LogP contribution in [0.1, 0.15) is 29.3 Å². The van der Waals surface area contributed by atoms with Gasteiger partial charge in [-0.15, -0.1) is 0 Å². The van der Waals surface area contributed by atoms with E-state index in [1.54, 1.807) is 23.7 Å². The van der Waals surface area contributed by atoms with E-state index in [1.165, 1.54) is 0 Å². The summed E-state index contributed by atoms with van der Waals surface area (Å²) in [6.45, 7) is 3.85. The predicted octanol–water partition coefficient (Wildman–Crippen LogP) is 0.952. The van der Waals surface area contributed by atoms with E-state index in [9.17, 15) is 9.59 Å². The normalized spacial score (nSPS) is 23.7. The van der Waals surface area contributed by atoms with Crippen LogP contribution in [-0.2, 0) is 16.1 Å². The number of ether oxygens (including phenoxy) is 2. The fraction of sp³-hybridized carbons (Fsp3) is 0.500. The van der Waals surface area contributed by atoms with Crippen molar-refractivity contribution >= 4 is 11.8 Å². The molecule has 3 rings (SSSR count). The van der Waals surface area contributed by atoms with Gasteiger partial charge < -0.3 is 14.4 Å². The number of carbonyl (C=O) groups excluding carboxylic acids is 2. The Kier molecular flexibility index (Phi) is 4.49. The summed E-state index contributed by atoms with van der Waals surface area (Å²) < 4.78 is 11.1. The third-order valence-corrected chi connectivity index (χ3v) is 4.35. The van der Waals surface area contributed by atoms with E-state index in [-0.39, 0.29) is 17.9 Å². The zero-order chi connectivity index (χ0) is 16.4. The van der Waals surface area contributed by atoms with Gasteiger partial charge in [-0.1, -0.05) is 6.07 Å². The van der Waals surface area contributed by atoms with Gasteiger partial charge in [-0.05, 0) is 25.5 Å². The number of nitrogens with zero attached hydrogens (tertiary/aromatic N) is 1. The molecule has 2 heterocycles. The van der Waals surface area contributed by atoms with Crippen molar-refractivity contribution in [3.8, 4) is 5.75 Å². The minimum Gasteiger partial charge on any atom is -0.491 e. The van der Waals surface area contributed by atoms with Gasteiger partial charge in [0.15, 0.2) is 0 Å². The summed E-state index contributed by atoms with van der Waals surface area (Å²) in [4.78, 5) is 26.0. The Hall–Kier alpha value is -2.12. The smallest absolute Gasteiger partial charge is 0.274 e. The number of hydroxylamine groups is 1. The Morgan fingerprint density at radius 3 is 2.87 bits per heavy atom. The number of nitrogens with one attached hydrogen (secondary N) is 1. The summed E-state index contributed by atoms with van der Waals surface area (Å²) >= 11 is 0. The van der Waals surface area contributed by atoms with Gasteiger partial charge in [-0.25, -0.2) is 5.48 Å². The number of rotatable bonds is 2. The van der Waals surface area contributed by atoms with Crippen molar-refractivity contribution in [2.24, 2.45) is 5.92 Å². The number of carbonyl (C=O) groups is 2. The number of fused-ring (bicyclic) bond motifs is 1. The number of hydrogen-bond acceptors (Lipinski definition) is 5. The molecule has 23 heavy (non-hydrogen) atoms. The molecule has 0 unspecified atom stereocenters. The first-order valence-electron chi connectivity index (χ1n) is 7.68. The van der Waals surface area contributed by atoms with Crippen LogP contribution < -0.4 is 10.2 Å². The molecule has 0 spiro atoms. The van der Waals surface area contributed by atoms with E-state index in [0.29, 0.717) is 37.7 Å². The summed E-state index contributed by atoms with van der Waals surface area (Å²) in [5.74, 6) is -0.0253. The first-order chi connectivity index (χ1) is 11.1. The molecule has 2 amide bonds. The van der Waals surface area contributed by atoms with Crippen LogP contribution in [0.5, 0.6) is 5.75 Å². The second-order valence-corrected chi connectivity index (χ2v) is 5.95. The maximum Gasteiger partial charge on any atom is 0.274 e. The second kappa shape index (κ2) is 6.55. The van der Waals surface area contributed by atoms with Crippen LogP contribution in [0, 0.1) is 5.92 Å². The fourth-order valence-corrected chi connectivity index (χ4v) is 2.92. The lowest BCUT2D eigenvalue weighted by Crippen LogP contribution is -2.43. The lowest BCUT2D eigenvalue weighted by atomic mass is 10.0. The Morgan fingerprint density at radius 1 is 1.35 bits per heavy atom. The average molecular weight is 320 g/mol. The van der Waals surface area contributed by atoms with Gasteiger partial charge >= 0.3 is 0 Å². The second-order valence-electron chi connectivity index (χ2n) is 5.95. The van der Waals surface area contributed by atoms with Crippen molar-refractivity contribution in [2.75, 3.05) is 19.8 Å². The Morgan fingerprint density at radius 2 is 2.17 bits per heavy atom. The lowest BCUT2D eigenvalue weighted by molar-refractivity contribution is -0.138. The molecule has 2 aliphatic heterocycles. The highest BCUT2D eigenvalue weighted by atomic mass is 16.5. The highest BCUT2D eigenvalue weighted by Gasteiger charge is 2.32. The van der Waals surface area contributed by atoms with E-state index in [1.807, 2.05) is 11.8 Å². The molecular formula is C16H20N2O5. The molecular weight excluding hydrogens is 300 g/mol. The molecule has 7 heteroatoms. The quantitative estimate of drug-likeness (QED) is 0.626. The number of hydrogen-bond donors (Lipinski definition) is 2. The molecule has 1 saturated heterocycles. The van der Waals surface area contributed by atoms with Crippen LogP contribution in [0.15, 0.2) is 18.2 Å². The zero-order valence-corrected chi connectivity index (χ0v) is 12.9. The fourth-order valence-electron chi connectivity index (χ4n) is 2.92. The van der Waals surface area contributed by atoms with Gasteiger partial charge in [-0.3, -0.25) is 14.8 Å². The van der Waals surface area contributed by atoms with Crippen LogP contribution >= 0.6 is 0 Å². The van der Waals surface area contributed by atoms with Gasteiger partial charge in [-0.2, -0.15) is 0 Å². The van der Waals surface area contributed by atoms with Gasteiger partial charge in [0, 0.05) is 24.3 Å². The predicted molar refractivity (Wildman–Crippen MR) is 80.1 cm³/mol. The molecule has 0 radical (unpaired) electrons. The van der Waals surface area contributed by atoms with Crippen LogP contribution in [0.4, 0.5) is 0 Å². The third kappa shape index (κ3) is 3.16. The number of amides is 2. The maximum absolute atomic E-state index is 12.7. The van der Waals surface area contributed by atoms with Gasteiger partial charge in [0.05, 0.1) is 18.6 Å². The molecule has 0 bridgehead atoms. The molecule has 7 nitrogen and oxygen atoms in total. The minimum atomic E-state index is -0.593. The van der Waals surface area contributed by atoms with Crippen molar-refractivity contribution in [1.29, 1.82) is 0 Å². The lowest BCUT2D eigenvalue weighted by Gasteiger charge is -2.28. The number of benzene rings is 1. The first-order valence-corrected chi connectivity index (χ1v) is 7.68.